The first kappa shape index (κ1) is 10.1. The van der Waals surface area contributed by atoms with Gasteiger partial charge in [-0.15, -0.1) is 0 Å². The molecule has 0 unspecified atom stereocenters. The van der Waals surface area contributed by atoms with Crippen molar-refractivity contribution in [3.8, 4) is 0 Å². The topological polar surface area (TPSA) is 22.8 Å². The molecule has 0 aliphatic heterocycles. The van der Waals surface area contributed by atoms with E-state index in [2.05, 4.69) is 4.98 Å². The van der Waals surface area contributed by atoms with Crippen molar-refractivity contribution in [1.29, 1.82) is 0 Å². The van der Waals surface area contributed by atoms with Crippen molar-refractivity contribution in [3.05, 3.63) is 54.5 Å². The second-order valence-electron chi connectivity index (χ2n) is 4.07. The largest absolute Gasteiger partial charge is 0.340 e. The van der Waals surface area contributed by atoms with E-state index in [9.17, 15) is 4.39 Å². The molecular weight excluding hydrogens is 217 g/mol. The standard InChI is InChI=1S/C13H12FN3/c1-16-8-6-15-13(16)9-17-7-5-10-11(14)3-2-4-12(10)17/h2-8H,9H2,1H3. The van der Waals surface area contributed by atoms with E-state index in [1.54, 1.807) is 18.3 Å². The van der Waals surface area contributed by atoms with E-state index in [-0.39, 0.29) is 5.82 Å². The lowest BCUT2D eigenvalue weighted by atomic mass is 10.2. The molecule has 86 valence electrons. The molecular formula is C13H12FN3. The van der Waals surface area contributed by atoms with Gasteiger partial charge in [-0.2, -0.15) is 0 Å². The van der Waals surface area contributed by atoms with Gasteiger partial charge in [0.15, 0.2) is 0 Å². The van der Waals surface area contributed by atoms with Gasteiger partial charge in [0.25, 0.3) is 0 Å². The Kier molecular flexibility index (Phi) is 2.21. The van der Waals surface area contributed by atoms with Gasteiger partial charge in [0.1, 0.15) is 11.6 Å². The van der Waals surface area contributed by atoms with Crippen LogP contribution in [0.4, 0.5) is 4.39 Å². The molecule has 3 rings (SSSR count). The number of hydrogen-bond donors (Lipinski definition) is 0. The molecule has 4 heteroatoms. The number of hydrogen-bond acceptors (Lipinski definition) is 1. The van der Waals surface area contributed by atoms with Gasteiger partial charge in [-0.3, -0.25) is 0 Å². The zero-order valence-corrected chi connectivity index (χ0v) is 9.47. The Morgan fingerprint density at radius 3 is 2.88 bits per heavy atom. The second kappa shape index (κ2) is 3.73. The number of aromatic nitrogens is 3. The quantitative estimate of drug-likeness (QED) is 0.662. The average molecular weight is 229 g/mol. The molecule has 0 saturated carbocycles. The van der Waals surface area contributed by atoms with E-state index >= 15 is 0 Å². The summed E-state index contributed by atoms with van der Waals surface area (Å²) in [5.41, 5.74) is 0.896. The maximum Gasteiger partial charge on any atom is 0.132 e. The third kappa shape index (κ3) is 1.62. The highest BCUT2D eigenvalue weighted by Crippen LogP contribution is 2.19. The summed E-state index contributed by atoms with van der Waals surface area (Å²) < 4.78 is 17.5. The molecule has 17 heavy (non-hydrogen) atoms. The van der Waals surface area contributed by atoms with Crippen molar-refractivity contribution < 1.29 is 4.39 Å². The second-order valence-corrected chi connectivity index (χ2v) is 4.07. The van der Waals surface area contributed by atoms with Gasteiger partial charge >= 0.3 is 0 Å². The molecule has 0 fully saturated rings. The average Bonchev–Trinajstić information content (AvgIpc) is 2.89. The molecule has 2 heterocycles. The Hall–Kier alpha value is -2.10. The molecule has 0 saturated heterocycles. The van der Waals surface area contributed by atoms with Crippen molar-refractivity contribution in [2.75, 3.05) is 0 Å². The Bertz CT molecular complexity index is 666. The SMILES string of the molecule is Cn1ccnc1Cn1ccc2c(F)cccc21. The van der Waals surface area contributed by atoms with Gasteiger partial charge in [0, 0.05) is 31.0 Å². The van der Waals surface area contributed by atoms with E-state index in [0.717, 1.165) is 11.3 Å². The van der Waals surface area contributed by atoms with Gasteiger partial charge in [-0.05, 0) is 18.2 Å². The molecule has 0 spiro atoms. The van der Waals surface area contributed by atoms with Crippen LogP contribution in [0.2, 0.25) is 0 Å². The Morgan fingerprint density at radius 2 is 2.12 bits per heavy atom. The molecule has 0 aliphatic carbocycles. The molecule has 3 aromatic rings. The number of imidazole rings is 1. The van der Waals surface area contributed by atoms with E-state index in [1.807, 2.05) is 34.6 Å². The van der Waals surface area contributed by atoms with Crippen LogP contribution in [0.3, 0.4) is 0 Å². The number of nitrogens with zero attached hydrogens (tertiary/aromatic N) is 3. The molecule has 0 aliphatic rings. The summed E-state index contributed by atoms with van der Waals surface area (Å²) in [5.74, 6) is 0.771. The van der Waals surface area contributed by atoms with Crippen molar-refractivity contribution in [3.63, 3.8) is 0 Å². The van der Waals surface area contributed by atoms with E-state index in [4.69, 9.17) is 0 Å². The third-order valence-electron chi connectivity index (χ3n) is 2.99. The maximum atomic E-state index is 13.5. The molecule has 0 atom stereocenters. The highest BCUT2D eigenvalue weighted by atomic mass is 19.1. The summed E-state index contributed by atoms with van der Waals surface area (Å²) in [4.78, 5) is 4.27. The summed E-state index contributed by atoms with van der Waals surface area (Å²) in [7, 11) is 1.95. The lowest BCUT2D eigenvalue weighted by Gasteiger charge is -2.05. The maximum absolute atomic E-state index is 13.5. The number of halogens is 1. The molecule has 0 amide bonds. The van der Waals surface area contributed by atoms with Crippen LogP contribution in [-0.4, -0.2) is 14.1 Å². The summed E-state index contributed by atoms with van der Waals surface area (Å²) in [6.07, 6.45) is 5.56. The molecule has 1 aromatic carbocycles. The van der Waals surface area contributed by atoms with Crippen LogP contribution in [0.5, 0.6) is 0 Å². The molecule has 0 bridgehead atoms. The van der Waals surface area contributed by atoms with E-state index in [1.165, 1.54) is 6.07 Å². The lowest BCUT2D eigenvalue weighted by molar-refractivity contribution is 0.639. The van der Waals surface area contributed by atoms with Crippen LogP contribution < -0.4 is 0 Å². The minimum absolute atomic E-state index is 0.180. The molecule has 0 radical (unpaired) electrons. The van der Waals surface area contributed by atoms with Crippen molar-refractivity contribution >= 4 is 10.9 Å². The number of rotatable bonds is 2. The first-order valence-electron chi connectivity index (χ1n) is 5.45. The van der Waals surface area contributed by atoms with Crippen molar-refractivity contribution in [2.24, 2.45) is 7.05 Å². The highest BCUT2D eigenvalue weighted by molar-refractivity contribution is 5.80. The number of fused-ring (bicyclic) bond motifs is 1. The lowest BCUT2D eigenvalue weighted by Crippen LogP contribution is -2.04. The predicted octanol–water partition coefficient (Wildman–Crippen LogP) is 2.56. The summed E-state index contributed by atoms with van der Waals surface area (Å²) in [5, 5.41) is 0.654. The van der Waals surface area contributed by atoms with Crippen LogP contribution >= 0.6 is 0 Å². The van der Waals surface area contributed by atoms with Crippen molar-refractivity contribution in [1.82, 2.24) is 14.1 Å². The highest BCUT2D eigenvalue weighted by Gasteiger charge is 2.07. The third-order valence-corrected chi connectivity index (χ3v) is 2.99. The normalized spacial score (nSPS) is 11.2. The fourth-order valence-electron chi connectivity index (χ4n) is 2.02. The fraction of sp³-hybridized carbons (Fsp3) is 0.154. The van der Waals surface area contributed by atoms with Gasteiger partial charge in [0.05, 0.1) is 12.1 Å². The van der Waals surface area contributed by atoms with Gasteiger partial charge in [0.2, 0.25) is 0 Å². The minimum atomic E-state index is -0.180. The Labute approximate surface area is 98.1 Å². The zero-order valence-electron chi connectivity index (χ0n) is 9.47. The smallest absolute Gasteiger partial charge is 0.132 e. The van der Waals surface area contributed by atoms with Crippen LogP contribution in [0.25, 0.3) is 10.9 Å². The van der Waals surface area contributed by atoms with Crippen molar-refractivity contribution in [2.45, 2.75) is 6.54 Å². The van der Waals surface area contributed by atoms with Gasteiger partial charge in [-0.1, -0.05) is 6.07 Å². The Balaban J connectivity index is 2.07. The van der Waals surface area contributed by atoms with Crippen LogP contribution in [0, 0.1) is 5.82 Å². The predicted molar refractivity (Wildman–Crippen MR) is 64.2 cm³/mol. The number of aryl methyl sites for hydroxylation is 1. The van der Waals surface area contributed by atoms with Gasteiger partial charge in [-0.25, -0.2) is 9.37 Å². The minimum Gasteiger partial charge on any atom is -0.340 e. The summed E-state index contributed by atoms with van der Waals surface area (Å²) in [6, 6.07) is 6.93. The van der Waals surface area contributed by atoms with Crippen LogP contribution in [0.15, 0.2) is 42.9 Å². The van der Waals surface area contributed by atoms with Crippen LogP contribution in [0.1, 0.15) is 5.82 Å². The first-order chi connectivity index (χ1) is 8.25. The fourth-order valence-corrected chi connectivity index (χ4v) is 2.02. The Morgan fingerprint density at radius 1 is 1.24 bits per heavy atom. The number of benzene rings is 1. The zero-order chi connectivity index (χ0) is 11.8. The first-order valence-corrected chi connectivity index (χ1v) is 5.45. The molecule has 0 N–H and O–H groups in total. The molecule has 2 aromatic heterocycles. The monoisotopic (exact) mass is 229 g/mol. The summed E-state index contributed by atoms with van der Waals surface area (Å²) in [6.45, 7) is 0.649. The van der Waals surface area contributed by atoms with E-state index < -0.39 is 0 Å². The molecule has 3 nitrogen and oxygen atoms in total. The van der Waals surface area contributed by atoms with Crippen LogP contribution in [-0.2, 0) is 13.6 Å². The van der Waals surface area contributed by atoms with Gasteiger partial charge < -0.3 is 9.13 Å². The van der Waals surface area contributed by atoms with E-state index in [0.29, 0.717) is 11.9 Å². The summed E-state index contributed by atoms with van der Waals surface area (Å²) >= 11 is 0.